The third-order valence-corrected chi connectivity index (χ3v) is 7.85. The number of fused-ring (bicyclic) bond motifs is 1. The van der Waals surface area contributed by atoms with Crippen LogP contribution in [0.25, 0.3) is 0 Å². The summed E-state index contributed by atoms with van der Waals surface area (Å²) >= 11 is 7.09. The summed E-state index contributed by atoms with van der Waals surface area (Å²) in [6.07, 6.45) is 0. The first-order valence-electron chi connectivity index (χ1n) is 9.52. The zero-order valence-electron chi connectivity index (χ0n) is 16.6. The number of anilines is 2. The smallest absolute Gasteiger partial charge is 0.261 e. The van der Waals surface area contributed by atoms with Crippen LogP contribution in [-0.2, 0) is 24.3 Å². The van der Waals surface area contributed by atoms with Crippen molar-refractivity contribution in [3.8, 4) is 0 Å². The van der Waals surface area contributed by atoms with Gasteiger partial charge >= 0.3 is 0 Å². The van der Waals surface area contributed by atoms with Crippen LogP contribution in [0.1, 0.15) is 5.56 Å². The molecule has 2 aromatic carbocycles. The van der Waals surface area contributed by atoms with Gasteiger partial charge in [0.1, 0.15) is 0 Å². The Bertz CT molecular complexity index is 1150. The van der Waals surface area contributed by atoms with Crippen molar-refractivity contribution in [1.29, 1.82) is 0 Å². The lowest BCUT2D eigenvalue weighted by atomic mass is 10.2. The molecule has 2 heterocycles. The maximum absolute atomic E-state index is 12.9. The number of nitrogens with one attached hydrogen (secondary N) is 2. The van der Waals surface area contributed by atoms with Crippen molar-refractivity contribution in [3.05, 3.63) is 47.0 Å². The van der Waals surface area contributed by atoms with E-state index >= 15 is 0 Å². The normalized spacial score (nSPS) is 18.8. The molecule has 8 nitrogen and oxygen atoms in total. The van der Waals surface area contributed by atoms with E-state index < -0.39 is 21.2 Å². The molecule has 1 saturated heterocycles. The number of thioether (sulfide) groups is 1. The number of hydrogen-bond donors (Lipinski definition) is 2. The molecule has 4 rings (SSSR count). The van der Waals surface area contributed by atoms with Crippen molar-refractivity contribution in [2.24, 2.45) is 0 Å². The summed E-state index contributed by atoms with van der Waals surface area (Å²) in [5, 5.41) is 2.17. The summed E-state index contributed by atoms with van der Waals surface area (Å²) < 4.78 is 33.5. The van der Waals surface area contributed by atoms with Crippen molar-refractivity contribution in [3.63, 3.8) is 0 Å². The minimum atomic E-state index is -3.91. The van der Waals surface area contributed by atoms with Crippen molar-refractivity contribution in [1.82, 2.24) is 4.90 Å². The van der Waals surface area contributed by atoms with Gasteiger partial charge in [-0.25, -0.2) is 8.42 Å². The summed E-state index contributed by atoms with van der Waals surface area (Å²) in [6, 6.07) is 9.36. The highest BCUT2D eigenvalue weighted by Crippen LogP contribution is 2.38. The van der Waals surface area contributed by atoms with Gasteiger partial charge in [0, 0.05) is 23.0 Å². The number of rotatable bonds is 4. The number of aryl methyl sites for hydroxylation is 1. The van der Waals surface area contributed by atoms with Crippen LogP contribution in [0.4, 0.5) is 11.4 Å². The topological polar surface area (TPSA) is 105 Å². The highest BCUT2D eigenvalue weighted by atomic mass is 35.5. The molecular formula is C20H20ClN3O5S2. The predicted octanol–water partition coefficient (Wildman–Crippen LogP) is 2.72. The largest absolute Gasteiger partial charge is 0.378 e. The van der Waals surface area contributed by atoms with Crippen LogP contribution in [0.15, 0.2) is 46.2 Å². The number of benzene rings is 2. The van der Waals surface area contributed by atoms with E-state index in [2.05, 4.69) is 10.0 Å². The molecule has 0 saturated carbocycles. The number of sulfonamides is 1. The monoisotopic (exact) mass is 481 g/mol. The van der Waals surface area contributed by atoms with Crippen LogP contribution < -0.4 is 10.0 Å². The fraction of sp³-hybridized carbons (Fsp3) is 0.300. The van der Waals surface area contributed by atoms with E-state index in [1.807, 2.05) is 0 Å². The Labute approximate surface area is 189 Å². The van der Waals surface area contributed by atoms with Gasteiger partial charge in [0.15, 0.2) is 5.25 Å². The molecule has 0 aliphatic carbocycles. The average molecular weight is 482 g/mol. The molecular weight excluding hydrogens is 462 g/mol. The first kappa shape index (κ1) is 21.9. The van der Waals surface area contributed by atoms with Gasteiger partial charge in [0.25, 0.3) is 10.0 Å². The van der Waals surface area contributed by atoms with Crippen molar-refractivity contribution >= 4 is 56.6 Å². The van der Waals surface area contributed by atoms with E-state index in [-0.39, 0.29) is 10.8 Å². The molecule has 0 bridgehead atoms. The van der Waals surface area contributed by atoms with Gasteiger partial charge < -0.3 is 15.0 Å². The molecule has 2 N–H and O–H groups in total. The molecule has 2 amide bonds. The minimum absolute atomic E-state index is 0.00974. The number of carbonyl (C=O) groups excluding carboxylic acids is 2. The highest BCUT2D eigenvalue weighted by Gasteiger charge is 2.36. The van der Waals surface area contributed by atoms with Crippen LogP contribution in [0.5, 0.6) is 0 Å². The highest BCUT2D eigenvalue weighted by molar-refractivity contribution is 8.01. The maximum Gasteiger partial charge on any atom is 0.261 e. The summed E-state index contributed by atoms with van der Waals surface area (Å²) in [5.41, 5.74) is 1.45. The van der Waals surface area contributed by atoms with Gasteiger partial charge in [-0.2, -0.15) is 0 Å². The average Bonchev–Trinajstić information content (AvgIpc) is 2.75. The van der Waals surface area contributed by atoms with Crippen molar-refractivity contribution in [2.45, 2.75) is 22.0 Å². The van der Waals surface area contributed by atoms with Gasteiger partial charge in [-0.1, -0.05) is 17.7 Å². The van der Waals surface area contributed by atoms with E-state index in [0.717, 1.165) is 17.3 Å². The van der Waals surface area contributed by atoms with Crippen LogP contribution in [0.3, 0.4) is 0 Å². The Kier molecular flexibility index (Phi) is 6.16. The minimum Gasteiger partial charge on any atom is -0.378 e. The number of carbonyl (C=O) groups is 2. The van der Waals surface area contributed by atoms with Gasteiger partial charge in [0.2, 0.25) is 11.8 Å². The predicted molar refractivity (Wildman–Crippen MR) is 119 cm³/mol. The first-order valence-corrected chi connectivity index (χ1v) is 12.3. The fourth-order valence-corrected chi connectivity index (χ4v) is 5.65. The Morgan fingerprint density at radius 1 is 1.23 bits per heavy atom. The molecule has 0 spiro atoms. The molecule has 31 heavy (non-hydrogen) atoms. The van der Waals surface area contributed by atoms with Crippen molar-refractivity contribution in [2.75, 3.05) is 36.3 Å². The van der Waals surface area contributed by atoms with Crippen LogP contribution in [0, 0.1) is 6.92 Å². The molecule has 1 atom stereocenters. The standard InChI is InChI=1S/C20H20ClN3O5S2/c1-12-2-3-13(21)10-15(12)23-31(27,28)14-4-5-17-16(11-14)22-19(25)18(30-17)20(26)24-6-8-29-9-7-24/h2-5,10-11,18,23H,6-9H2,1H3,(H,22,25)/t18-/m1/s1. The number of hydrogen-bond acceptors (Lipinski definition) is 6. The van der Waals surface area contributed by atoms with Gasteiger partial charge in [-0.15, -0.1) is 11.8 Å². The lowest BCUT2D eigenvalue weighted by Gasteiger charge is -2.31. The Hall–Kier alpha value is -2.27. The van der Waals surface area contributed by atoms with Crippen LogP contribution in [0.2, 0.25) is 5.02 Å². The van der Waals surface area contributed by atoms with Crippen molar-refractivity contribution < 1.29 is 22.7 Å². The van der Waals surface area contributed by atoms with E-state index in [0.29, 0.717) is 47.6 Å². The molecule has 2 aliphatic heterocycles. The molecule has 164 valence electrons. The van der Waals surface area contributed by atoms with E-state index in [9.17, 15) is 18.0 Å². The second kappa shape index (κ2) is 8.70. The molecule has 2 aliphatic rings. The summed E-state index contributed by atoms with van der Waals surface area (Å²) in [4.78, 5) is 27.6. The second-order valence-electron chi connectivity index (χ2n) is 7.15. The molecule has 1 fully saturated rings. The number of morpholine rings is 1. The molecule has 0 radical (unpaired) electrons. The molecule has 0 aromatic heterocycles. The number of ether oxygens (including phenoxy) is 1. The molecule has 0 unspecified atom stereocenters. The lowest BCUT2D eigenvalue weighted by Crippen LogP contribution is -2.49. The third-order valence-electron chi connectivity index (χ3n) is 4.99. The number of nitrogens with zero attached hydrogens (tertiary/aromatic N) is 1. The summed E-state index contributed by atoms with van der Waals surface area (Å²) in [7, 11) is -3.91. The van der Waals surface area contributed by atoms with Gasteiger partial charge in [-0.05, 0) is 42.8 Å². The Morgan fingerprint density at radius 3 is 2.71 bits per heavy atom. The maximum atomic E-state index is 12.9. The zero-order valence-corrected chi connectivity index (χ0v) is 18.9. The third kappa shape index (κ3) is 4.67. The van der Waals surface area contributed by atoms with Crippen LogP contribution in [-0.4, -0.2) is 56.7 Å². The number of halogens is 1. The summed E-state index contributed by atoms with van der Waals surface area (Å²) in [6.45, 7) is 3.55. The van der Waals surface area contributed by atoms with E-state index in [4.69, 9.17) is 16.3 Å². The van der Waals surface area contributed by atoms with Gasteiger partial charge in [-0.3, -0.25) is 14.3 Å². The van der Waals surface area contributed by atoms with E-state index in [1.54, 1.807) is 30.0 Å². The Balaban J connectivity index is 1.55. The van der Waals surface area contributed by atoms with Gasteiger partial charge in [0.05, 0.1) is 29.5 Å². The zero-order chi connectivity index (χ0) is 22.2. The summed E-state index contributed by atoms with van der Waals surface area (Å²) in [5.74, 6) is -0.742. The first-order chi connectivity index (χ1) is 14.7. The van der Waals surface area contributed by atoms with Crippen LogP contribution >= 0.6 is 23.4 Å². The second-order valence-corrected chi connectivity index (χ2v) is 10.4. The Morgan fingerprint density at radius 2 is 1.97 bits per heavy atom. The quantitative estimate of drug-likeness (QED) is 0.650. The fourth-order valence-electron chi connectivity index (χ4n) is 3.28. The van der Waals surface area contributed by atoms with E-state index in [1.165, 1.54) is 18.2 Å². The lowest BCUT2D eigenvalue weighted by molar-refractivity contribution is -0.137. The SMILES string of the molecule is Cc1ccc(Cl)cc1NS(=O)(=O)c1ccc2c(c1)NC(=O)[C@H](C(=O)N1CCOCC1)S2. The molecule has 11 heteroatoms. The number of amides is 2. The molecule has 2 aromatic rings.